The Balaban J connectivity index is 1.66. The molecule has 3 amide bonds. The predicted octanol–water partition coefficient (Wildman–Crippen LogP) is 2.90. The molecule has 0 atom stereocenters. The number of ether oxygens (including phenoxy) is 1. The number of halogens is 1. The standard InChI is InChI=1S/C20H17ClN2O5/c21-14-9-7-13(8-10-14)19(26)22-16-5-2-1-4-15(16)20(27)28-12-18(25)23-11-3-6-17(23)24/h1-2,4-5,7-10H,3,6,11-12H2,(H,22,26). The van der Waals surface area contributed by atoms with E-state index in [-0.39, 0.29) is 17.2 Å². The van der Waals surface area contributed by atoms with Gasteiger partial charge in [-0.15, -0.1) is 0 Å². The predicted molar refractivity (Wildman–Crippen MR) is 102 cm³/mol. The van der Waals surface area contributed by atoms with Gasteiger partial charge in [-0.25, -0.2) is 4.79 Å². The summed E-state index contributed by atoms with van der Waals surface area (Å²) in [5.74, 6) is -2.02. The fourth-order valence-electron chi connectivity index (χ4n) is 2.76. The highest BCUT2D eigenvalue weighted by atomic mass is 35.5. The van der Waals surface area contributed by atoms with Gasteiger partial charge in [-0.2, -0.15) is 0 Å². The van der Waals surface area contributed by atoms with Crippen molar-refractivity contribution in [3.05, 3.63) is 64.7 Å². The Morgan fingerprint density at radius 3 is 2.46 bits per heavy atom. The zero-order chi connectivity index (χ0) is 20.1. The highest BCUT2D eigenvalue weighted by Gasteiger charge is 2.27. The van der Waals surface area contributed by atoms with Gasteiger partial charge in [0.25, 0.3) is 11.8 Å². The Bertz CT molecular complexity index is 926. The topological polar surface area (TPSA) is 92.8 Å². The van der Waals surface area contributed by atoms with E-state index in [0.717, 1.165) is 4.90 Å². The lowest BCUT2D eigenvalue weighted by molar-refractivity contribution is -0.143. The van der Waals surface area contributed by atoms with Crippen molar-refractivity contribution in [2.24, 2.45) is 0 Å². The first kappa shape index (κ1) is 19.6. The highest BCUT2D eigenvalue weighted by Crippen LogP contribution is 2.19. The van der Waals surface area contributed by atoms with Crippen molar-refractivity contribution in [3.8, 4) is 0 Å². The number of carbonyl (C=O) groups is 4. The van der Waals surface area contributed by atoms with Gasteiger partial charge in [0.1, 0.15) is 0 Å². The highest BCUT2D eigenvalue weighted by molar-refractivity contribution is 6.30. The minimum Gasteiger partial charge on any atom is -0.452 e. The van der Waals surface area contributed by atoms with Crippen LogP contribution in [-0.4, -0.2) is 41.7 Å². The first-order valence-corrected chi connectivity index (χ1v) is 9.00. The average Bonchev–Trinajstić information content (AvgIpc) is 3.12. The van der Waals surface area contributed by atoms with Gasteiger partial charge in [0.05, 0.1) is 11.3 Å². The summed E-state index contributed by atoms with van der Waals surface area (Å²) < 4.78 is 5.04. The number of esters is 1. The molecule has 0 spiro atoms. The van der Waals surface area contributed by atoms with Gasteiger partial charge in [0.2, 0.25) is 5.91 Å². The van der Waals surface area contributed by atoms with Crippen molar-refractivity contribution in [2.75, 3.05) is 18.5 Å². The summed E-state index contributed by atoms with van der Waals surface area (Å²) in [5.41, 5.74) is 0.720. The Hall–Kier alpha value is -3.19. The van der Waals surface area contributed by atoms with Crippen molar-refractivity contribution in [3.63, 3.8) is 0 Å². The number of carbonyl (C=O) groups excluding carboxylic acids is 4. The van der Waals surface area contributed by atoms with Crippen LogP contribution in [0.2, 0.25) is 5.02 Å². The van der Waals surface area contributed by atoms with Crippen LogP contribution in [0.1, 0.15) is 33.6 Å². The summed E-state index contributed by atoms with van der Waals surface area (Å²) in [6.07, 6.45) is 0.928. The van der Waals surface area contributed by atoms with E-state index in [1.165, 1.54) is 6.07 Å². The Kier molecular flexibility index (Phi) is 6.06. The SMILES string of the molecule is O=C(Nc1ccccc1C(=O)OCC(=O)N1CCCC1=O)c1ccc(Cl)cc1. The molecule has 2 aromatic rings. The van der Waals surface area contributed by atoms with Crippen LogP contribution in [0.4, 0.5) is 5.69 Å². The third kappa shape index (κ3) is 4.55. The Morgan fingerprint density at radius 2 is 1.79 bits per heavy atom. The lowest BCUT2D eigenvalue weighted by Crippen LogP contribution is -2.35. The number of likely N-dealkylation sites (tertiary alicyclic amines) is 1. The van der Waals surface area contributed by atoms with Gasteiger partial charge in [-0.3, -0.25) is 19.3 Å². The fraction of sp³-hybridized carbons (Fsp3) is 0.200. The molecule has 0 aromatic heterocycles. The maximum Gasteiger partial charge on any atom is 0.340 e. The largest absolute Gasteiger partial charge is 0.452 e. The number of amides is 3. The average molecular weight is 401 g/mol. The van der Waals surface area contributed by atoms with Crippen LogP contribution in [0.15, 0.2) is 48.5 Å². The Morgan fingerprint density at radius 1 is 1.07 bits per heavy atom. The van der Waals surface area contributed by atoms with E-state index in [1.807, 2.05) is 0 Å². The lowest BCUT2D eigenvalue weighted by atomic mass is 10.1. The molecule has 1 aliphatic heterocycles. The number of hydrogen-bond donors (Lipinski definition) is 1. The van der Waals surface area contributed by atoms with Crippen molar-refractivity contribution >= 4 is 41.0 Å². The summed E-state index contributed by atoms with van der Waals surface area (Å²) in [6, 6.07) is 12.6. The number of anilines is 1. The molecule has 1 saturated heterocycles. The monoisotopic (exact) mass is 400 g/mol. The van der Waals surface area contributed by atoms with Crippen LogP contribution < -0.4 is 5.32 Å². The molecule has 1 N–H and O–H groups in total. The number of nitrogens with one attached hydrogen (secondary N) is 1. The van der Waals surface area contributed by atoms with E-state index in [0.29, 0.717) is 30.0 Å². The summed E-state index contributed by atoms with van der Waals surface area (Å²) in [6.45, 7) is -0.201. The summed E-state index contributed by atoms with van der Waals surface area (Å²) in [5, 5.41) is 3.15. The molecule has 1 fully saturated rings. The molecule has 0 bridgehead atoms. The van der Waals surface area contributed by atoms with E-state index in [4.69, 9.17) is 16.3 Å². The summed E-state index contributed by atoms with van der Waals surface area (Å²) in [7, 11) is 0. The zero-order valence-corrected chi connectivity index (χ0v) is 15.6. The first-order chi connectivity index (χ1) is 13.5. The van der Waals surface area contributed by atoms with Crippen molar-refractivity contribution in [1.29, 1.82) is 0 Å². The number of hydrogen-bond acceptors (Lipinski definition) is 5. The van der Waals surface area contributed by atoms with E-state index in [9.17, 15) is 19.2 Å². The van der Waals surface area contributed by atoms with Gasteiger partial charge in [0, 0.05) is 23.6 Å². The molecule has 7 nitrogen and oxygen atoms in total. The van der Waals surface area contributed by atoms with Gasteiger partial charge in [-0.05, 0) is 42.8 Å². The molecule has 0 unspecified atom stereocenters. The van der Waals surface area contributed by atoms with E-state index >= 15 is 0 Å². The minimum absolute atomic E-state index is 0.102. The van der Waals surface area contributed by atoms with Crippen molar-refractivity contribution in [1.82, 2.24) is 4.90 Å². The normalized spacial score (nSPS) is 13.3. The van der Waals surface area contributed by atoms with Crippen LogP contribution in [-0.2, 0) is 14.3 Å². The number of imide groups is 1. The van der Waals surface area contributed by atoms with Crippen LogP contribution in [0, 0.1) is 0 Å². The molecule has 1 aliphatic rings. The summed E-state index contributed by atoms with van der Waals surface area (Å²) in [4.78, 5) is 49.4. The number of benzene rings is 2. The van der Waals surface area contributed by atoms with Crippen LogP contribution in [0.3, 0.4) is 0 Å². The van der Waals surface area contributed by atoms with E-state index in [2.05, 4.69) is 5.32 Å². The second-order valence-corrected chi connectivity index (χ2v) is 6.56. The van der Waals surface area contributed by atoms with Gasteiger partial charge in [-0.1, -0.05) is 23.7 Å². The number of rotatable bonds is 5. The first-order valence-electron chi connectivity index (χ1n) is 8.62. The van der Waals surface area contributed by atoms with E-state index < -0.39 is 24.4 Å². The third-order valence-corrected chi connectivity index (χ3v) is 4.45. The molecule has 144 valence electrons. The molecule has 0 saturated carbocycles. The minimum atomic E-state index is -0.771. The lowest BCUT2D eigenvalue weighted by Gasteiger charge is -2.14. The van der Waals surface area contributed by atoms with Gasteiger partial charge in [0.15, 0.2) is 6.61 Å². The molecule has 8 heteroatoms. The maximum absolute atomic E-state index is 12.4. The number of para-hydroxylation sites is 1. The second kappa shape index (κ2) is 8.67. The summed E-state index contributed by atoms with van der Waals surface area (Å²) >= 11 is 5.81. The third-order valence-electron chi connectivity index (χ3n) is 4.20. The Labute approximate surface area is 166 Å². The molecule has 3 rings (SSSR count). The van der Waals surface area contributed by atoms with Crippen LogP contribution >= 0.6 is 11.6 Å². The molecule has 1 heterocycles. The maximum atomic E-state index is 12.4. The molecular weight excluding hydrogens is 384 g/mol. The van der Waals surface area contributed by atoms with Crippen molar-refractivity contribution in [2.45, 2.75) is 12.8 Å². The molecule has 0 radical (unpaired) electrons. The quantitative estimate of drug-likeness (QED) is 0.779. The zero-order valence-electron chi connectivity index (χ0n) is 14.8. The second-order valence-electron chi connectivity index (χ2n) is 6.13. The molecule has 2 aromatic carbocycles. The van der Waals surface area contributed by atoms with Crippen molar-refractivity contribution < 1.29 is 23.9 Å². The smallest absolute Gasteiger partial charge is 0.340 e. The fourth-order valence-corrected chi connectivity index (χ4v) is 2.89. The molecular formula is C20H17ClN2O5. The van der Waals surface area contributed by atoms with Crippen LogP contribution in [0.5, 0.6) is 0 Å². The number of nitrogens with zero attached hydrogens (tertiary/aromatic N) is 1. The molecule has 28 heavy (non-hydrogen) atoms. The van der Waals surface area contributed by atoms with Crippen LogP contribution in [0.25, 0.3) is 0 Å². The van der Waals surface area contributed by atoms with Gasteiger partial charge >= 0.3 is 5.97 Å². The molecule has 0 aliphatic carbocycles. The van der Waals surface area contributed by atoms with E-state index in [1.54, 1.807) is 42.5 Å². The van der Waals surface area contributed by atoms with Gasteiger partial charge < -0.3 is 10.1 Å².